The highest BCUT2D eigenvalue weighted by atomic mass is 35.5. The second-order valence-corrected chi connectivity index (χ2v) is 9.17. The maximum Gasteiger partial charge on any atom is 0.143 e. The zero-order chi connectivity index (χ0) is 26.4. The third kappa shape index (κ3) is 6.58. The first-order valence-electron chi connectivity index (χ1n) is 11.0. The molecule has 0 saturated heterocycles. The smallest absolute Gasteiger partial charge is 0.143 e. The van der Waals surface area contributed by atoms with Crippen molar-refractivity contribution < 1.29 is 22.6 Å². The lowest BCUT2D eigenvalue weighted by molar-refractivity contribution is 0.391. The first-order valence-corrected chi connectivity index (χ1v) is 12.1. The number of nitrogens with one attached hydrogen (secondary N) is 1. The van der Waals surface area contributed by atoms with E-state index in [1.807, 2.05) is 6.07 Å². The van der Waals surface area contributed by atoms with Crippen LogP contribution in [0.25, 0.3) is 0 Å². The Morgan fingerprint density at radius 3 is 2.41 bits per heavy atom. The molecule has 0 radical (unpaired) electrons. The number of aromatic nitrogens is 2. The van der Waals surface area contributed by atoms with Crippen LogP contribution in [0.15, 0.2) is 72.0 Å². The second kappa shape index (κ2) is 12.1. The van der Waals surface area contributed by atoms with E-state index in [9.17, 15) is 4.39 Å². The van der Waals surface area contributed by atoms with E-state index in [1.165, 1.54) is 43.8 Å². The van der Waals surface area contributed by atoms with Gasteiger partial charge in [0.05, 0.1) is 20.8 Å². The van der Waals surface area contributed by atoms with E-state index in [-0.39, 0.29) is 23.7 Å². The van der Waals surface area contributed by atoms with Gasteiger partial charge in [0, 0.05) is 35.1 Å². The molecule has 4 aromatic rings. The van der Waals surface area contributed by atoms with Crippen molar-refractivity contribution in [1.29, 1.82) is 0 Å². The molecule has 4 rings (SSSR count). The summed E-state index contributed by atoms with van der Waals surface area (Å²) >= 11 is 6.94. The normalized spacial score (nSPS) is 10.8. The van der Waals surface area contributed by atoms with E-state index in [1.54, 1.807) is 35.8 Å². The Hall–Kier alpha value is -3.63. The summed E-state index contributed by atoms with van der Waals surface area (Å²) in [4.78, 5) is 7.95. The maximum atomic E-state index is 15.2. The van der Waals surface area contributed by atoms with Gasteiger partial charge in [-0.15, -0.1) is 0 Å². The topological polar surface area (TPSA) is 59.5 Å². The van der Waals surface area contributed by atoms with Crippen molar-refractivity contribution in [3.63, 3.8) is 0 Å². The SMILES string of the molecule is COc1ccc(CN(Sc2c(F)cc(NCc3cc(F)ccc3Cl)cc2F)c2ccncn2)c(OC)c1. The summed E-state index contributed by atoms with van der Waals surface area (Å²) in [6, 6.07) is 13.2. The molecule has 0 aliphatic rings. The van der Waals surface area contributed by atoms with E-state index in [2.05, 4.69) is 15.3 Å². The molecule has 1 heterocycles. The van der Waals surface area contributed by atoms with Gasteiger partial charge in [0.15, 0.2) is 0 Å². The van der Waals surface area contributed by atoms with Gasteiger partial charge >= 0.3 is 0 Å². The summed E-state index contributed by atoms with van der Waals surface area (Å²) in [5.74, 6) is -0.405. The van der Waals surface area contributed by atoms with Crippen LogP contribution in [0, 0.1) is 17.5 Å². The Morgan fingerprint density at radius 1 is 0.946 bits per heavy atom. The first-order chi connectivity index (χ1) is 17.9. The maximum absolute atomic E-state index is 15.2. The van der Waals surface area contributed by atoms with Crippen molar-refractivity contribution in [2.45, 2.75) is 18.0 Å². The monoisotopic (exact) mass is 546 g/mol. The zero-order valence-electron chi connectivity index (χ0n) is 19.8. The fraction of sp³-hybridized carbons (Fsp3) is 0.154. The fourth-order valence-electron chi connectivity index (χ4n) is 3.46. The standard InChI is InChI=1S/C26H22ClF3N4O2S/c1-35-20-5-3-16(24(12-20)36-2)14-34(25-7-8-31-15-33-25)37-26-22(29)10-19(11-23(26)30)32-13-17-9-18(28)4-6-21(17)27/h3-12,15,32H,13-14H2,1-2H3. The van der Waals surface area contributed by atoms with Crippen LogP contribution in [0.3, 0.4) is 0 Å². The number of methoxy groups -OCH3 is 2. The minimum Gasteiger partial charge on any atom is -0.497 e. The van der Waals surface area contributed by atoms with Crippen LogP contribution in [0.1, 0.15) is 11.1 Å². The summed E-state index contributed by atoms with van der Waals surface area (Å²) in [6.07, 6.45) is 2.89. The molecule has 0 aliphatic carbocycles. The molecule has 0 fully saturated rings. The van der Waals surface area contributed by atoms with Gasteiger partial charge in [-0.05, 0) is 66.0 Å². The Bertz CT molecular complexity index is 1360. The number of rotatable bonds is 10. The molecule has 192 valence electrons. The Morgan fingerprint density at radius 2 is 1.73 bits per heavy atom. The summed E-state index contributed by atoms with van der Waals surface area (Å²) in [5.41, 5.74) is 1.40. The molecule has 11 heteroatoms. The summed E-state index contributed by atoms with van der Waals surface area (Å²) in [6.45, 7) is 0.304. The van der Waals surface area contributed by atoms with Gasteiger partial charge in [0.25, 0.3) is 0 Å². The van der Waals surface area contributed by atoms with Gasteiger partial charge in [-0.1, -0.05) is 11.6 Å². The largest absolute Gasteiger partial charge is 0.497 e. The number of nitrogens with zero attached hydrogens (tertiary/aromatic N) is 3. The lowest BCUT2D eigenvalue weighted by Crippen LogP contribution is -2.17. The molecule has 1 N–H and O–H groups in total. The van der Waals surface area contributed by atoms with Crippen LogP contribution >= 0.6 is 23.5 Å². The fourth-order valence-corrected chi connectivity index (χ4v) is 4.57. The second-order valence-electron chi connectivity index (χ2n) is 7.73. The van der Waals surface area contributed by atoms with Gasteiger partial charge in [0.1, 0.15) is 46.0 Å². The molecular formula is C26H22ClF3N4O2S. The third-order valence-corrected chi connectivity index (χ3v) is 6.80. The lowest BCUT2D eigenvalue weighted by atomic mass is 10.2. The predicted octanol–water partition coefficient (Wildman–Crippen LogP) is 6.89. The van der Waals surface area contributed by atoms with E-state index in [0.717, 1.165) is 17.5 Å². The molecule has 0 amide bonds. The quantitative estimate of drug-likeness (QED) is 0.217. The van der Waals surface area contributed by atoms with Crippen molar-refractivity contribution >= 4 is 35.1 Å². The molecular weight excluding hydrogens is 525 g/mol. The highest BCUT2D eigenvalue weighted by Crippen LogP contribution is 2.36. The Labute approximate surface area is 221 Å². The van der Waals surface area contributed by atoms with Crippen LogP contribution in [-0.4, -0.2) is 24.2 Å². The van der Waals surface area contributed by atoms with Crippen LogP contribution in [0.2, 0.25) is 5.02 Å². The highest BCUT2D eigenvalue weighted by molar-refractivity contribution is 8.00. The summed E-state index contributed by atoms with van der Waals surface area (Å²) < 4.78 is 56.2. The number of ether oxygens (including phenoxy) is 2. The summed E-state index contributed by atoms with van der Waals surface area (Å²) in [5, 5.41) is 3.23. The van der Waals surface area contributed by atoms with Crippen LogP contribution < -0.4 is 19.1 Å². The van der Waals surface area contributed by atoms with Crippen LogP contribution in [0.4, 0.5) is 24.7 Å². The molecule has 1 aromatic heterocycles. The van der Waals surface area contributed by atoms with E-state index in [4.69, 9.17) is 21.1 Å². The Balaban J connectivity index is 1.58. The van der Waals surface area contributed by atoms with E-state index >= 15 is 8.78 Å². The molecule has 3 aromatic carbocycles. The van der Waals surface area contributed by atoms with Gasteiger partial charge in [0.2, 0.25) is 0 Å². The molecule has 0 unspecified atom stereocenters. The first kappa shape index (κ1) is 26.4. The van der Waals surface area contributed by atoms with E-state index < -0.39 is 17.5 Å². The molecule has 0 spiro atoms. The van der Waals surface area contributed by atoms with Gasteiger partial charge in [-0.2, -0.15) is 0 Å². The molecule has 0 aliphatic heterocycles. The molecule has 0 atom stereocenters. The van der Waals surface area contributed by atoms with Gasteiger partial charge < -0.3 is 14.8 Å². The number of anilines is 2. The minimum absolute atomic E-state index is 0.0896. The van der Waals surface area contributed by atoms with Crippen molar-refractivity contribution in [3.8, 4) is 11.5 Å². The average Bonchev–Trinajstić information content (AvgIpc) is 2.91. The highest BCUT2D eigenvalue weighted by Gasteiger charge is 2.20. The number of halogens is 4. The van der Waals surface area contributed by atoms with E-state index in [0.29, 0.717) is 27.9 Å². The van der Waals surface area contributed by atoms with Gasteiger partial charge in [-0.3, -0.25) is 4.31 Å². The van der Waals surface area contributed by atoms with Crippen molar-refractivity contribution in [3.05, 3.63) is 101 Å². The van der Waals surface area contributed by atoms with Crippen molar-refractivity contribution in [2.24, 2.45) is 0 Å². The zero-order valence-corrected chi connectivity index (χ0v) is 21.4. The molecule has 6 nitrogen and oxygen atoms in total. The third-order valence-electron chi connectivity index (χ3n) is 5.32. The van der Waals surface area contributed by atoms with Crippen LogP contribution in [-0.2, 0) is 13.1 Å². The summed E-state index contributed by atoms with van der Waals surface area (Å²) in [7, 11) is 3.08. The number of hydrogen-bond donors (Lipinski definition) is 1. The average molecular weight is 547 g/mol. The molecule has 0 saturated carbocycles. The Kier molecular flexibility index (Phi) is 8.62. The van der Waals surface area contributed by atoms with Crippen molar-refractivity contribution in [2.75, 3.05) is 23.8 Å². The predicted molar refractivity (Wildman–Crippen MR) is 139 cm³/mol. The molecule has 0 bridgehead atoms. The minimum atomic E-state index is -0.779. The molecule has 37 heavy (non-hydrogen) atoms. The van der Waals surface area contributed by atoms with Gasteiger partial charge in [-0.25, -0.2) is 23.1 Å². The van der Waals surface area contributed by atoms with Crippen molar-refractivity contribution in [1.82, 2.24) is 9.97 Å². The lowest BCUT2D eigenvalue weighted by Gasteiger charge is -2.24. The van der Waals surface area contributed by atoms with Crippen LogP contribution in [0.5, 0.6) is 11.5 Å². The number of benzene rings is 3. The number of hydrogen-bond acceptors (Lipinski definition) is 7.